The molecule has 0 atom stereocenters. The topological polar surface area (TPSA) is 30.2 Å². The van der Waals surface area contributed by atoms with E-state index in [1.165, 1.54) is 11.8 Å². The smallest absolute Gasteiger partial charge is 0.203 e. The van der Waals surface area contributed by atoms with E-state index in [-0.39, 0.29) is 11.0 Å². The van der Waals surface area contributed by atoms with Gasteiger partial charge in [-0.25, -0.2) is 0 Å². The van der Waals surface area contributed by atoms with Gasteiger partial charge in [0.2, 0.25) is 5.22 Å². The lowest BCUT2D eigenvalue weighted by Crippen LogP contribution is -1.99. The summed E-state index contributed by atoms with van der Waals surface area (Å²) < 4.78 is 4.87. The van der Waals surface area contributed by atoms with Gasteiger partial charge < -0.3 is 4.42 Å². The summed E-state index contributed by atoms with van der Waals surface area (Å²) in [5.74, 6) is 0.0277. The summed E-state index contributed by atoms with van der Waals surface area (Å²) in [5.41, 5.74) is 1.67. The Hall–Kier alpha value is -1.06. The average Bonchev–Trinajstić information content (AvgIpc) is 2.84. The molecule has 2 aromatic heterocycles. The molecule has 0 bridgehead atoms. The van der Waals surface area contributed by atoms with E-state index in [1.54, 1.807) is 17.4 Å². The maximum atomic E-state index is 11.7. The molecule has 0 amide bonds. The molecular formula is C11H9ClO2S. The summed E-state index contributed by atoms with van der Waals surface area (Å²) in [6.45, 7) is 0. The Kier molecular flexibility index (Phi) is 3.23. The predicted octanol–water partition coefficient (Wildman–Crippen LogP) is 3.81. The summed E-state index contributed by atoms with van der Waals surface area (Å²) in [5, 5.41) is 4.24. The lowest BCUT2D eigenvalue weighted by Gasteiger charge is -1.96. The van der Waals surface area contributed by atoms with E-state index in [1.807, 2.05) is 16.8 Å². The average molecular weight is 241 g/mol. The van der Waals surface area contributed by atoms with Gasteiger partial charge in [-0.3, -0.25) is 4.79 Å². The van der Waals surface area contributed by atoms with Crippen LogP contribution in [-0.4, -0.2) is 5.78 Å². The number of furan rings is 1. The zero-order valence-corrected chi connectivity index (χ0v) is 9.48. The van der Waals surface area contributed by atoms with E-state index < -0.39 is 0 Å². The number of rotatable bonds is 4. The van der Waals surface area contributed by atoms with Crippen molar-refractivity contribution in [2.45, 2.75) is 12.8 Å². The number of ketones is 1. The number of Topliss-reactive ketones (excluding diaryl/α,β-unsaturated/α-hetero) is 1. The number of carbonyl (C=O) groups is 1. The van der Waals surface area contributed by atoms with Gasteiger partial charge in [0, 0.05) is 6.42 Å². The first-order valence-electron chi connectivity index (χ1n) is 4.54. The number of carbonyl (C=O) groups excluding carboxylic acids is 1. The Morgan fingerprint density at radius 1 is 1.47 bits per heavy atom. The third-order valence-corrected chi connectivity index (χ3v) is 3.16. The molecule has 15 heavy (non-hydrogen) atoms. The van der Waals surface area contributed by atoms with Gasteiger partial charge in [0.25, 0.3) is 0 Å². The third kappa shape index (κ3) is 2.49. The van der Waals surface area contributed by atoms with Gasteiger partial charge in [-0.05, 0) is 46.5 Å². The molecule has 2 rings (SSSR count). The van der Waals surface area contributed by atoms with E-state index in [9.17, 15) is 4.79 Å². The zero-order chi connectivity index (χ0) is 10.7. The van der Waals surface area contributed by atoms with Crippen molar-refractivity contribution >= 4 is 28.7 Å². The molecule has 2 aromatic rings. The summed E-state index contributed by atoms with van der Waals surface area (Å²) in [6, 6.07) is 3.63. The van der Waals surface area contributed by atoms with Crippen molar-refractivity contribution in [2.24, 2.45) is 0 Å². The highest BCUT2D eigenvalue weighted by atomic mass is 35.5. The third-order valence-electron chi connectivity index (χ3n) is 2.14. The first kappa shape index (κ1) is 10.5. The van der Waals surface area contributed by atoms with Gasteiger partial charge in [0.05, 0.1) is 11.8 Å². The SMILES string of the molecule is O=C(CCc1ccsc1)c1ccoc1Cl. The van der Waals surface area contributed by atoms with Crippen LogP contribution in [0.4, 0.5) is 0 Å². The molecular weight excluding hydrogens is 232 g/mol. The van der Waals surface area contributed by atoms with Crippen LogP contribution in [0.15, 0.2) is 33.6 Å². The van der Waals surface area contributed by atoms with Gasteiger partial charge in [0.1, 0.15) is 0 Å². The van der Waals surface area contributed by atoms with E-state index >= 15 is 0 Å². The van der Waals surface area contributed by atoms with Crippen LogP contribution in [0.25, 0.3) is 0 Å². The lowest BCUT2D eigenvalue weighted by molar-refractivity contribution is 0.0982. The van der Waals surface area contributed by atoms with E-state index in [2.05, 4.69) is 0 Å². The Morgan fingerprint density at radius 3 is 2.93 bits per heavy atom. The maximum absolute atomic E-state index is 11.7. The normalized spacial score (nSPS) is 10.5. The van der Waals surface area contributed by atoms with Gasteiger partial charge >= 0.3 is 0 Å². The number of halogens is 1. The minimum absolute atomic E-state index is 0.0277. The van der Waals surface area contributed by atoms with E-state index in [0.29, 0.717) is 12.0 Å². The van der Waals surface area contributed by atoms with Crippen molar-refractivity contribution in [1.29, 1.82) is 0 Å². The molecule has 0 aliphatic carbocycles. The highest BCUT2D eigenvalue weighted by molar-refractivity contribution is 7.07. The molecule has 0 aliphatic rings. The number of thiophene rings is 1. The predicted molar refractivity (Wildman–Crippen MR) is 60.7 cm³/mol. The molecule has 0 unspecified atom stereocenters. The highest BCUT2D eigenvalue weighted by Crippen LogP contribution is 2.19. The van der Waals surface area contributed by atoms with Crippen molar-refractivity contribution < 1.29 is 9.21 Å². The molecule has 0 aliphatic heterocycles. The van der Waals surface area contributed by atoms with Crippen molar-refractivity contribution in [3.63, 3.8) is 0 Å². The summed E-state index contributed by atoms with van der Waals surface area (Å²) in [7, 11) is 0. The lowest BCUT2D eigenvalue weighted by atomic mass is 10.1. The van der Waals surface area contributed by atoms with E-state index in [4.69, 9.17) is 16.0 Å². The summed E-state index contributed by atoms with van der Waals surface area (Å²) in [6.07, 6.45) is 2.65. The van der Waals surface area contributed by atoms with Crippen LogP contribution < -0.4 is 0 Å². The maximum Gasteiger partial charge on any atom is 0.203 e. The minimum atomic E-state index is 0.0277. The van der Waals surface area contributed by atoms with Gasteiger partial charge in [0.15, 0.2) is 5.78 Å². The fourth-order valence-corrected chi connectivity index (χ4v) is 2.24. The Balaban J connectivity index is 1.96. The van der Waals surface area contributed by atoms with E-state index in [0.717, 1.165) is 6.42 Å². The van der Waals surface area contributed by atoms with Crippen molar-refractivity contribution in [3.8, 4) is 0 Å². The summed E-state index contributed by atoms with van der Waals surface area (Å²) in [4.78, 5) is 11.7. The molecule has 0 N–H and O–H groups in total. The Morgan fingerprint density at radius 2 is 2.33 bits per heavy atom. The quantitative estimate of drug-likeness (QED) is 0.761. The molecule has 2 nitrogen and oxygen atoms in total. The standard InChI is InChI=1S/C11H9ClO2S/c12-11-9(3-5-14-11)10(13)2-1-8-4-6-15-7-8/h3-7H,1-2H2. The fourth-order valence-electron chi connectivity index (χ4n) is 1.32. The van der Waals surface area contributed by atoms with Crippen LogP contribution in [0.3, 0.4) is 0 Å². The molecule has 4 heteroatoms. The minimum Gasteiger partial charge on any atom is -0.452 e. The van der Waals surface area contributed by atoms with Gasteiger partial charge in [-0.2, -0.15) is 11.3 Å². The van der Waals surface area contributed by atoms with Crippen LogP contribution in [0.5, 0.6) is 0 Å². The molecule has 0 radical (unpaired) electrons. The Bertz CT molecular complexity index is 445. The molecule has 0 fully saturated rings. The van der Waals surface area contributed by atoms with Crippen molar-refractivity contribution in [2.75, 3.05) is 0 Å². The van der Waals surface area contributed by atoms with Crippen molar-refractivity contribution in [1.82, 2.24) is 0 Å². The van der Waals surface area contributed by atoms with Crippen molar-refractivity contribution in [3.05, 3.63) is 45.5 Å². The molecule has 2 heterocycles. The number of hydrogen-bond donors (Lipinski definition) is 0. The van der Waals surface area contributed by atoms with Crippen LogP contribution in [0.2, 0.25) is 5.22 Å². The highest BCUT2D eigenvalue weighted by Gasteiger charge is 2.12. The van der Waals surface area contributed by atoms with Crippen LogP contribution >= 0.6 is 22.9 Å². The molecule has 78 valence electrons. The fraction of sp³-hybridized carbons (Fsp3) is 0.182. The Labute approximate surface area is 96.5 Å². The molecule has 0 saturated carbocycles. The molecule has 0 aromatic carbocycles. The van der Waals surface area contributed by atoms with Crippen LogP contribution in [-0.2, 0) is 6.42 Å². The first-order chi connectivity index (χ1) is 7.27. The monoisotopic (exact) mass is 240 g/mol. The summed E-state index contributed by atoms with van der Waals surface area (Å²) >= 11 is 7.35. The second kappa shape index (κ2) is 4.64. The molecule has 0 saturated heterocycles. The largest absolute Gasteiger partial charge is 0.452 e. The second-order valence-corrected chi connectivity index (χ2v) is 4.29. The number of aryl methyl sites for hydroxylation is 1. The second-order valence-electron chi connectivity index (χ2n) is 3.16. The zero-order valence-electron chi connectivity index (χ0n) is 7.90. The van der Waals surface area contributed by atoms with Crippen LogP contribution in [0, 0.1) is 0 Å². The first-order valence-corrected chi connectivity index (χ1v) is 5.86. The van der Waals surface area contributed by atoms with Gasteiger partial charge in [-0.1, -0.05) is 0 Å². The van der Waals surface area contributed by atoms with Gasteiger partial charge in [-0.15, -0.1) is 0 Å². The van der Waals surface area contributed by atoms with Crippen LogP contribution in [0.1, 0.15) is 22.3 Å². The molecule has 0 spiro atoms. The number of hydrogen-bond acceptors (Lipinski definition) is 3.